The van der Waals surface area contributed by atoms with Crippen molar-refractivity contribution in [2.45, 2.75) is 0 Å². The third-order valence-electron chi connectivity index (χ3n) is 4.05. The minimum absolute atomic E-state index is 0.0573. The number of amides is 1. The van der Waals surface area contributed by atoms with Gasteiger partial charge in [0.25, 0.3) is 0 Å². The minimum atomic E-state index is -0.307. The van der Waals surface area contributed by atoms with Crippen molar-refractivity contribution in [1.82, 2.24) is 4.90 Å². The Morgan fingerprint density at radius 1 is 1.04 bits per heavy atom. The van der Waals surface area contributed by atoms with Crippen LogP contribution in [-0.4, -0.2) is 37.0 Å². The van der Waals surface area contributed by atoms with E-state index in [4.69, 9.17) is 11.6 Å². The third kappa shape index (κ3) is 3.95. The molecule has 1 heterocycles. The standard InChI is InChI=1S/C19H18ClFN2O/c20-17-6-1-2-7-18(17)22-10-12-23(13-11-22)19(24)9-8-15-4-3-5-16(21)14-15/h1-9,14H,10-13H2. The van der Waals surface area contributed by atoms with Gasteiger partial charge in [-0.2, -0.15) is 0 Å². The third-order valence-corrected chi connectivity index (χ3v) is 4.37. The molecule has 124 valence electrons. The van der Waals surface area contributed by atoms with Crippen molar-refractivity contribution in [2.24, 2.45) is 0 Å². The van der Waals surface area contributed by atoms with E-state index in [-0.39, 0.29) is 11.7 Å². The zero-order valence-corrected chi connectivity index (χ0v) is 13.9. The summed E-state index contributed by atoms with van der Waals surface area (Å²) >= 11 is 6.22. The van der Waals surface area contributed by atoms with Crippen LogP contribution in [0.2, 0.25) is 5.02 Å². The molecule has 0 radical (unpaired) electrons. The first-order chi connectivity index (χ1) is 11.6. The highest BCUT2D eigenvalue weighted by Crippen LogP contribution is 2.26. The lowest BCUT2D eigenvalue weighted by atomic mass is 10.2. The normalized spacial score (nSPS) is 15.1. The number of piperazine rings is 1. The van der Waals surface area contributed by atoms with E-state index in [2.05, 4.69) is 4.90 Å². The Balaban J connectivity index is 1.58. The van der Waals surface area contributed by atoms with Crippen LogP contribution in [0.15, 0.2) is 54.6 Å². The van der Waals surface area contributed by atoms with Gasteiger partial charge in [0.2, 0.25) is 5.91 Å². The van der Waals surface area contributed by atoms with Crippen LogP contribution >= 0.6 is 11.6 Å². The van der Waals surface area contributed by atoms with E-state index in [0.29, 0.717) is 18.7 Å². The quantitative estimate of drug-likeness (QED) is 0.790. The van der Waals surface area contributed by atoms with Gasteiger partial charge in [-0.05, 0) is 35.9 Å². The van der Waals surface area contributed by atoms with Gasteiger partial charge in [-0.25, -0.2) is 4.39 Å². The highest BCUT2D eigenvalue weighted by atomic mass is 35.5. The molecule has 0 aliphatic carbocycles. The van der Waals surface area contributed by atoms with Crippen LogP contribution in [0.1, 0.15) is 5.56 Å². The van der Waals surface area contributed by atoms with Gasteiger partial charge in [0, 0.05) is 32.3 Å². The molecule has 0 atom stereocenters. The summed E-state index contributed by atoms with van der Waals surface area (Å²) in [6, 6.07) is 13.9. The van der Waals surface area contributed by atoms with Gasteiger partial charge in [0.05, 0.1) is 10.7 Å². The summed E-state index contributed by atoms with van der Waals surface area (Å²) in [6.45, 7) is 2.75. The summed E-state index contributed by atoms with van der Waals surface area (Å²) < 4.78 is 13.1. The van der Waals surface area contributed by atoms with Gasteiger partial charge in [-0.3, -0.25) is 4.79 Å². The maximum atomic E-state index is 13.1. The molecule has 0 saturated carbocycles. The second kappa shape index (κ2) is 7.49. The van der Waals surface area contributed by atoms with Crippen LogP contribution in [0.3, 0.4) is 0 Å². The molecule has 0 spiro atoms. The number of halogens is 2. The lowest BCUT2D eigenvalue weighted by Crippen LogP contribution is -2.48. The molecule has 0 unspecified atom stereocenters. The van der Waals surface area contributed by atoms with E-state index in [1.165, 1.54) is 18.2 Å². The van der Waals surface area contributed by atoms with Crippen molar-refractivity contribution in [1.29, 1.82) is 0 Å². The minimum Gasteiger partial charge on any atom is -0.367 e. The number of hydrogen-bond acceptors (Lipinski definition) is 2. The second-order valence-corrected chi connectivity index (χ2v) is 6.06. The molecular weight excluding hydrogens is 327 g/mol. The van der Waals surface area contributed by atoms with Crippen molar-refractivity contribution in [3.63, 3.8) is 0 Å². The van der Waals surface area contributed by atoms with Crippen LogP contribution in [0.4, 0.5) is 10.1 Å². The number of hydrogen-bond donors (Lipinski definition) is 0. The van der Waals surface area contributed by atoms with E-state index in [1.54, 1.807) is 23.1 Å². The molecule has 0 N–H and O–H groups in total. The average Bonchev–Trinajstić information content (AvgIpc) is 2.60. The van der Waals surface area contributed by atoms with Crippen molar-refractivity contribution in [3.8, 4) is 0 Å². The number of nitrogens with zero attached hydrogens (tertiary/aromatic N) is 2. The maximum Gasteiger partial charge on any atom is 0.246 e. The summed E-state index contributed by atoms with van der Waals surface area (Å²) in [5.74, 6) is -0.365. The largest absolute Gasteiger partial charge is 0.367 e. The average molecular weight is 345 g/mol. The fraction of sp³-hybridized carbons (Fsp3) is 0.211. The van der Waals surface area contributed by atoms with E-state index < -0.39 is 0 Å². The highest BCUT2D eigenvalue weighted by molar-refractivity contribution is 6.33. The predicted octanol–water partition coefficient (Wildman–Crippen LogP) is 3.84. The molecule has 1 aliphatic rings. The number of carbonyl (C=O) groups excluding carboxylic acids is 1. The zero-order valence-electron chi connectivity index (χ0n) is 13.2. The molecule has 5 heteroatoms. The van der Waals surface area contributed by atoms with Gasteiger partial charge in [0.1, 0.15) is 5.82 Å². The van der Waals surface area contributed by atoms with Gasteiger partial charge < -0.3 is 9.80 Å². The molecule has 1 fully saturated rings. The van der Waals surface area contributed by atoms with Gasteiger partial charge in [-0.15, -0.1) is 0 Å². The summed E-state index contributed by atoms with van der Waals surface area (Å²) in [6.07, 6.45) is 3.14. The van der Waals surface area contributed by atoms with Crippen LogP contribution in [0, 0.1) is 5.82 Å². The molecule has 0 bridgehead atoms. The number of rotatable bonds is 3. The summed E-state index contributed by atoms with van der Waals surface area (Å²) in [5, 5.41) is 0.725. The molecule has 2 aromatic rings. The van der Waals surface area contributed by atoms with E-state index in [0.717, 1.165) is 23.8 Å². The molecule has 1 amide bonds. The molecule has 2 aromatic carbocycles. The molecule has 3 rings (SSSR count). The van der Waals surface area contributed by atoms with Crippen molar-refractivity contribution in [3.05, 3.63) is 71.0 Å². The second-order valence-electron chi connectivity index (χ2n) is 5.65. The zero-order chi connectivity index (χ0) is 16.9. The SMILES string of the molecule is O=C(C=Cc1cccc(F)c1)N1CCN(c2ccccc2Cl)CC1. The monoisotopic (exact) mass is 344 g/mol. The molecule has 0 aromatic heterocycles. The van der Waals surface area contributed by atoms with Crippen LogP contribution in [-0.2, 0) is 4.79 Å². The molecular formula is C19H18ClFN2O. The molecule has 3 nitrogen and oxygen atoms in total. The Hall–Kier alpha value is -2.33. The van der Waals surface area contributed by atoms with Crippen molar-refractivity contribution >= 4 is 29.3 Å². The Labute approximate surface area is 145 Å². The lowest BCUT2D eigenvalue weighted by molar-refractivity contribution is -0.126. The van der Waals surface area contributed by atoms with E-state index in [9.17, 15) is 9.18 Å². The summed E-state index contributed by atoms with van der Waals surface area (Å²) in [5.41, 5.74) is 1.68. The Kier molecular flexibility index (Phi) is 5.16. The van der Waals surface area contributed by atoms with E-state index >= 15 is 0 Å². The fourth-order valence-electron chi connectivity index (χ4n) is 2.76. The summed E-state index contributed by atoms with van der Waals surface area (Å²) in [4.78, 5) is 16.2. The number of carbonyl (C=O) groups is 1. The van der Waals surface area contributed by atoms with Gasteiger partial charge in [-0.1, -0.05) is 35.9 Å². The first-order valence-electron chi connectivity index (χ1n) is 7.85. The number of para-hydroxylation sites is 1. The first-order valence-corrected chi connectivity index (χ1v) is 8.23. The highest BCUT2D eigenvalue weighted by Gasteiger charge is 2.20. The Morgan fingerprint density at radius 2 is 1.79 bits per heavy atom. The maximum absolute atomic E-state index is 13.1. The predicted molar refractivity (Wildman–Crippen MR) is 95.7 cm³/mol. The van der Waals surface area contributed by atoms with E-state index in [1.807, 2.05) is 24.3 Å². The first kappa shape index (κ1) is 16.5. The smallest absolute Gasteiger partial charge is 0.246 e. The molecule has 1 saturated heterocycles. The summed E-state index contributed by atoms with van der Waals surface area (Å²) in [7, 11) is 0. The fourth-order valence-corrected chi connectivity index (χ4v) is 3.01. The Bertz CT molecular complexity index is 755. The molecule has 1 aliphatic heterocycles. The van der Waals surface area contributed by atoms with Gasteiger partial charge in [0.15, 0.2) is 0 Å². The number of anilines is 1. The van der Waals surface area contributed by atoms with Gasteiger partial charge >= 0.3 is 0 Å². The number of benzene rings is 2. The van der Waals surface area contributed by atoms with Crippen LogP contribution in [0.5, 0.6) is 0 Å². The van der Waals surface area contributed by atoms with Crippen molar-refractivity contribution in [2.75, 3.05) is 31.1 Å². The van der Waals surface area contributed by atoms with Crippen molar-refractivity contribution < 1.29 is 9.18 Å². The lowest BCUT2D eigenvalue weighted by Gasteiger charge is -2.36. The van der Waals surface area contributed by atoms with Crippen LogP contribution in [0.25, 0.3) is 6.08 Å². The molecule has 24 heavy (non-hydrogen) atoms. The van der Waals surface area contributed by atoms with Crippen LogP contribution < -0.4 is 4.90 Å². The Morgan fingerprint density at radius 3 is 2.50 bits per heavy atom. The topological polar surface area (TPSA) is 23.6 Å².